The predicted molar refractivity (Wildman–Crippen MR) is 133 cm³/mol. The summed E-state index contributed by atoms with van der Waals surface area (Å²) in [5, 5.41) is 37.2. The lowest BCUT2D eigenvalue weighted by atomic mass is 9.69. The molecule has 0 aromatic carbocycles. The van der Waals surface area contributed by atoms with Crippen molar-refractivity contribution in [3.63, 3.8) is 0 Å². The Morgan fingerprint density at radius 2 is 1.64 bits per heavy atom. The lowest BCUT2D eigenvalue weighted by Crippen LogP contribution is -2.50. The van der Waals surface area contributed by atoms with Crippen LogP contribution in [-0.4, -0.2) is 91.2 Å². The molecule has 0 spiro atoms. The van der Waals surface area contributed by atoms with E-state index >= 15 is 0 Å². The van der Waals surface area contributed by atoms with Crippen LogP contribution in [0.5, 0.6) is 0 Å². The summed E-state index contributed by atoms with van der Waals surface area (Å²) in [5.41, 5.74) is -2.37. The van der Waals surface area contributed by atoms with Crippen LogP contribution in [0.4, 0.5) is 0 Å². The maximum absolute atomic E-state index is 12.0. The molecule has 1 aromatic heterocycles. The fraction of sp³-hybridized carbons (Fsp3) is 0.680. The zero-order valence-corrected chi connectivity index (χ0v) is 22.1. The molecule has 3 rings (SSSR count). The van der Waals surface area contributed by atoms with Crippen LogP contribution in [0.3, 0.4) is 0 Å². The van der Waals surface area contributed by atoms with Gasteiger partial charge in [-0.3, -0.25) is 14.4 Å². The lowest BCUT2D eigenvalue weighted by Gasteiger charge is -2.42. The number of aliphatic hydroxyl groups is 1. The monoisotopic (exact) mass is 555 g/mol. The largest absolute Gasteiger partial charge is 0.481 e. The van der Waals surface area contributed by atoms with E-state index in [1.807, 2.05) is 11.5 Å². The van der Waals surface area contributed by atoms with Gasteiger partial charge in [-0.1, -0.05) is 0 Å². The molecule has 2 fully saturated rings. The van der Waals surface area contributed by atoms with Crippen molar-refractivity contribution in [2.45, 2.75) is 70.6 Å². The number of hydrogen-bond donors (Lipinski definition) is 5. The summed E-state index contributed by atoms with van der Waals surface area (Å²) < 4.78 is 12.1. The third-order valence-electron chi connectivity index (χ3n) is 6.86. The predicted octanol–water partition coefficient (Wildman–Crippen LogP) is 0.769. The van der Waals surface area contributed by atoms with Crippen LogP contribution < -0.4 is 5.32 Å². The van der Waals surface area contributed by atoms with E-state index in [1.165, 1.54) is 12.8 Å². The first-order valence-corrected chi connectivity index (χ1v) is 12.9. The number of hydrogen-bond acceptors (Lipinski definition) is 10. The first-order chi connectivity index (χ1) is 18.4. The normalized spacial score (nSPS) is 22.4. The molecular formula is C25H37N3O11. The Hall–Kier alpha value is -3.52. The van der Waals surface area contributed by atoms with Crippen LogP contribution in [0.2, 0.25) is 0 Å². The van der Waals surface area contributed by atoms with Gasteiger partial charge in [0.2, 0.25) is 0 Å². The van der Waals surface area contributed by atoms with Gasteiger partial charge >= 0.3 is 29.8 Å². The molecule has 14 nitrogen and oxygen atoms in total. The average Bonchev–Trinajstić information content (AvgIpc) is 3.32. The highest BCUT2D eigenvalue weighted by molar-refractivity contribution is 5.88. The molecule has 2 heterocycles. The van der Waals surface area contributed by atoms with Crippen LogP contribution in [-0.2, 0) is 35.2 Å². The van der Waals surface area contributed by atoms with E-state index in [4.69, 9.17) is 29.9 Å². The summed E-state index contributed by atoms with van der Waals surface area (Å²) in [5.74, 6) is -3.77. The van der Waals surface area contributed by atoms with Gasteiger partial charge in [-0.15, -0.1) is 0 Å². The minimum Gasteiger partial charge on any atom is -0.481 e. The number of rotatable bonds is 11. The summed E-state index contributed by atoms with van der Waals surface area (Å²) in [6.45, 7) is 6.17. The maximum Gasteiger partial charge on any atom is 0.358 e. The van der Waals surface area contributed by atoms with Crippen molar-refractivity contribution in [3.05, 3.63) is 18.2 Å². The number of carbonyl (C=O) groups is 5. The Morgan fingerprint density at radius 3 is 2.21 bits per heavy atom. The van der Waals surface area contributed by atoms with Crippen LogP contribution >= 0.6 is 0 Å². The van der Waals surface area contributed by atoms with Crippen molar-refractivity contribution in [3.8, 4) is 0 Å². The van der Waals surface area contributed by atoms with Gasteiger partial charge in [0, 0.05) is 12.7 Å². The zero-order valence-electron chi connectivity index (χ0n) is 22.1. The first kappa shape index (κ1) is 31.7. The number of aromatic nitrogens is 2. The highest BCUT2D eigenvalue weighted by atomic mass is 16.5. The third-order valence-corrected chi connectivity index (χ3v) is 6.86. The number of aliphatic carboxylic acids is 3. The standard InChI is InChI=1S/C19H29N3O4.C6H8O7/c1-3-25-18(23)16-8-15-7-13(5-6-14(15)9-20-16)10-22-11-17(21-12-22)19(24)26-4-2;7-3(8)1-6(13,5(11)12)2-4(9)10/h11-16,20H,3-10H2,1-2H3;13H,1-2H2,(H,7,8)(H,9,10)(H,11,12)/t13-,14-,15+,16-;/m0./s1. The summed E-state index contributed by atoms with van der Waals surface area (Å²) >= 11 is 0. The molecule has 0 radical (unpaired) electrons. The molecule has 1 aliphatic heterocycles. The Kier molecular flexibility index (Phi) is 11.9. The SMILES string of the molecule is CCOC(=O)c1cn(C[C@H]2CC[C@H]3CN[C@H](C(=O)OCC)C[C@H]3C2)cn1.O=C(O)CC(O)(CC(=O)O)C(=O)O. The Labute approximate surface area is 225 Å². The highest BCUT2D eigenvalue weighted by Gasteiger charge is 2.41. The molecule has 1 saturated heterocycles. The third kappa shape index (κ3) is 9.62. The number of fused-ring (bicyclic) bond motifs is 1. The van der Waals surface area contributed by atoms with Crippen LogP contribution in [0.15, 0.2) is 12.5 Å². The van der Waals surface area contributed by atoms with Gasteiger partial charge in [0.1, 0.15) is 6.04 Å². The molecule has 218 valence electrons. The van der Waals surface area contributed by atoms with Crippen molar-refractivity contribution < 1.29 is 53.9 Å². The molecule has 0 amide bonds. The lowest BCUT2D eigenvalue weighted by molar-refractivity contribution is -0.170. The number of piperidine rings is 1. The summed E-state index contributed by atoms with van der Waals surface area (Å²) in [6.07, 6.45) is 5.50. The van der Waals surface area contributed by atoms with E-state index in [0.29, 0.717) is 36.7 Å². The maximum atomic E-state index is 12.0. The van der Waals surface area contributed by atoms with E-state index < -0.39 is 36.4 Å². The molecule has 39 heavy (non-hydrogen) atoms. The molecule has 5 N–H and O–H groups in total. The van der Waals surface area contributed by atoms with Crippen LogP contribution in [0, 0.1) is 17.8 Å². The molecule has 2 aliphatic rings. The van der Waals surface area contributed by atoms with Crippen molar-refractivity contribution >= 4 is 29.8 Å². The van der Waals surface area contributed by atoms with Crippen molar-refractivity contribution in [2.75, 3.05) is 19.8 Å². The van der Waals surface area contributed by atoms with E-state index in [2.05, 4.69) is 10.3 Å². The number of esters is 2. The number of ether oxygens (including phenoxy) is 2. The zero-order chi connectivity index (χ0) is 29.2. The number of nitrogens with one attached hydrogen (secondary N) is 1. The Balaban J connectivity index is 0.000000349. The number of carboxylic acid groups (broad SMARTS) is 3. The summed E-state index contributed by atoms with van der Waals surface area (Å²) in [4.78, 5) is 58.4. The van der Waals surface area contributed by atoms with Gasteiger partial charge < -0.3 is 39.8 Å². The molecule has 14 heteroatoms. The fourth-order valence-electron chi connectivity index (χ4n) is 5.03. The fourth-order valence-corrected chi connectivity index (χ4v) is 5.03. The minimum absolute atomic E-state index is 0.123. The second-order valence-electron chi connectivity index (χ2n) is 9.80. The van der Waals surface area contributed by atoms with E-state index in [0.717, 1.165) is 25.9 Å². The molecule has 1 aromatic rings. The number of imidazole rings is 1. The van der Waals surface area contributed by atoms with Crippen LogP contribution in [0.25, 0.3) is 0 Å². The quantitative estimate of drug-likeness (QED) is 0.239. The van der Waals surface area contributed by atoms with Gasteiger partial charge in [-0.25, -0.2) is 14.6 Å². The molecule has 4 atom stereocenters. The van der Waals surface area contributed by atoms with E-state index in [9.17, 15) is 24.0 Å². The number of nitrogens with zero attached hydrogens (tertiary/aromatic N) is 2. The molecule has 0 bridgehead atoms. The molecule has 1 saturated carbocycles. The first-order valence-electron chi connectivity index (χ1n) is 12.9. The summed E-state index contributed by atoms with van der Waals surface area (Å²) in [6, 6.07) is -0.168. The highest BCUT2D eigenvalue weighted by Crippen LogP contribution is 2.39. The number of carboxylic acids is 3. The van der Waals surface area contributed by atoms with Gasteiger partial charge in [0.05, 0.1) is 32.4 Å². The van der Waals surface area contributed by atoms with Gasteiger partial charge in [0.25, 0.3) is 0 Å². The second kappa shape index (κ2) is 14.6. The average molecular weight is 556 g/mol. The molecule has 0 unspecified atom stereocenters. The van der Waals surface area contributed by atoms with Gasteiger partial charge in [-0.05, 0) is 63.8 Å². The van der Waals surface area contributed by atoms with Crippen LogP contribution in [0.1, 0.15) is 62.9 Å². The van der Waals surface area contributed by atoms with Crippen molar-refractivity contribution in [1.29, 1.82) is 0 Å². The molecular weight excluding hydrogens is 518 g/mol. The van der Waals surface area contributed by atoms with Crippen molar-refractivity contribution in [2.24, 2.45) is 17.8 Å². The van der Waals surface area contributed by atoms with Gasteiger partial charge in [0.15, 0.2) is 11.3 Å². The topological polar surface area (TPSA) is 215 Å². The second-order valence-corrected chi connectivity index (χ2v) is 9.80. The molecule has 1 aliphatic carbocycles. The number of carbonyl (C=O) groups excluding carboxylic acids is 2. The smallest absolute Gasteiger partial charge is 0.358 e. The van der Waals surface area contributed by atoms with E-state index in [1.54, 1.807) is 19.4 Å². The Morgan fingerprint density at radius 1 is 1.00 bits per heavy atom. The van der Waals surface area contributed by atoms with E-state index in [-0.39, 0.29) is 18.0 Å². The van der Waals surface area contributed by atoms with Crippen molar-refractivity contribution in [1.82, 2.24) is 14.9 Å². The summed E-state index contributed by atoms with van der Waals surface area (Å²) in [7, 11) is 0. The Bertz CT molecular complexity index is 1010. The van der Waals surface area contributed by atoms with Gasteiger partial charge in [-0.2, -0.15) is 0 Å². The minimum atomic E-state index is -2.74.